The minimum atomic E-state index is -1.07. The standard InChI is InChI=1S/C36H29F3N6O4/c37-27-12-20(32-18-45(43-42-32)24-7-8-24)4-5-22(27)19-49-35-3-1-2-30(41-35)26-16-28(38)23(13-29(26)39)15-34-40-31-9-6-21(36(46)47)14-33(31)44(34)17-25-10-11-48-25/h1-6,9,12-14,16,18,24-25H,7-8,10-11,15,17,19H2,(H,46,47)/t25-/m0/s1. The predicted octanol–water partition coefficient (Wildman–Crippen LogP) is 6.77. The second-order valence-electron chi connectivity index (χ2n) is 12.3. The molecule has 0 bridgehead atoms. The third kappa shape index (κ3) is 6.24. The Hall–Kier alpha value is -5.56. The summed E-state index contributed by atoms with van der Waals surface area (Å²) in [7, 11) is 0. The number of hydrogen-bond donors (Lipinski definition) is 1. The quantitative estimate of drug-likeness (QED) is 0.161. The molecule has 1 aliphatic heterocycles. The lowest BCUT2D eigenvalue weighted by Crippen LogP contribution is -2.31. The molecule has 2 aliphatic rings. The maximum absolute atomic E-state index is 15.6. The highest BCUT2D eigenvalue weighted by Crippen LogP contribution is 2.35. The predicted molar refractivity (Wildman–Crippen MR) is 171 cm³/mol. The van der Waals surface area contributed by atoms with Crippen molar-refractivity contribution in [3.8, 4) is 28.4 Å². The minimum absolute atomic E-state index is 0.0350. The summed E-state index contributed by atoms with van der Waals surface area (Å²) >= 11 is 0. The third-order valence-electron chi connectivity index (χ3n) is 8.89. The van der Waals surface area contributed by atoms with Gasteiger partial charge in [0, 0.05) is 35.8 Å². The molecule has 1 N–H and O–H groups in total. The number of nitrogens with zero attached hydrogens (tertiary/aromatic N) is 6. The van der Waals surface area contributed by atoms with Crippen LogP contribution in [0.3, 0.4) is 0 Å². The fourth-order valence-corrected chi connectivity index (χ4v) is 5.91. The van der Waals surface area contributed by atoms with Crippen LogP contribution < -0.4 is 4.74 Å². The number of ether oxygens (including phenoxy) is 2. The molecule has 1 aliphatic carbocycles. The van der Waals surface area contributed by atoms with Crippen LogP contribution in [0.15, 0.2) is 72.9 Å². The number of benzene rings is 3. The second kappa shape index (κ2) is 12.5. The first kappa shape index (κ1) is 30.8. The summed E-state index contributed by atoms with van der Waals surface area (Å²) in [6, 6.07) is 16.6. The van der Waals surface area contributed by atoms with Crippen LogP contribution >= 0.6 is 0 Å². The molecule has 13 heteroatoms. The zero-order valence-electron chi connectivity index (χ0n) is 26.0. The molecule has 1 saturated carbocycles. The zero-order valence-corrected chi connectivity index (χ0v) is 26.0. The van der Waals surface area contributed by atoms with E-state index in [0.29, 0.717) is 52.9 Å². The van der Waals surface area contributed by atoms with Crippen LogP contribution in [0.4, 0.5) is 13.2 Å². The van der Waals surface area contributed by atoms with Gasteiger partial charge in [-0.1, -0.05) is 23.4 Å². The molecule has 1 atom stereocenters. The van der Waals surface area contributed by atoms with E-state index in [4.69, 9.17) is 9.47 Å². The first-order valence-corrected chi connectivity index (χ1v) is 15.9. The van der Waals surface area contributed by atoms with Crippen molar-refractivity contribution < 1.29 is 32.5 Å². The number of pyridine rings is 1. The Morgan fingerprint density at radius 1 is 0.918 bits per heavy atom. The Morgan fingerprint density at radius 3 is 2.51 bits per heavy atom. The SMILES string of the molecule is O=C(O)c1ccc2nc(Cc3cc(F)c(-c4cccc(OCc5ccc(-c6cn(C7CC7)nn6)cc5F)n4)cc3F)n(C[C@@H]3CCO3)c2c1. The molecule has 6 aromatic rings. The van der Waals surface area contributed by atoms with Crippen molar-refractivity contribution in [2.75, 3.05) is 6.61 Å². The number of halogens is 3. The molecule has 0 amide bonds. The molecule has 0 radical (unpaired) electrons. The summed E-state index contributed by atoms with van der Waals surface area (Å²) in [4.78, 5) is 20.6. The molecule has 0 unspecified atom stereocenters. The van der Waals surface area contributed by atoms with E-state index in [1.165, 1.54) is 24.3 Å². The molecule has 49 heavy (non-hydrogen) atoms. The van der Waals surface area contributed by atoms with Crippen LogP contribution in [-0.4, -0.2) is 53.3 Å². The van der Waals surface area contributed by atoms with Gasteiger partial charge >= 0.3 is 5.97 Å². The maximum Gasteiger partial charge on any atom is 0.335 e. The van der Waals surface area contributed by atoms with Gasteiger partial charge in [-0.25, -0.2) is 32.6 Å². The van der Waals surface area contributed by atoms with Gasteiger partial charge in [0.25, 0.3) is 0 Å². The average molecular weight is 667 g/mol. The number of imidazole rings is 1. The molecular formula is C36H29F3N6O4. The van der Waals surface area contributed by atoms with Crippen LogP contribution in [0.5, 0.6) is 5.88 Å². The average Bonchev–Trinajstić information content (AvgIpc) is 3.70. The van der Waals surface area contributed by atoms with Crippen molar-refractivity contribution in [1.82, 2.24) is 29.5 Å². The highest BCUT2D eigenvalue weighted by atomic mass is 19.1. The van der Waals surface area contributed by atoms with Crippen molar-refractivity contribution in [1.29, 1.82) is 0 Å². The maximum atomic E-state index is 15.6. The first-order chi connectivity index (χ1) is 23.8. The van der Waals surface area contributed by atoms with Crippen LogP contribution in [0, 0.1) is 17.5 Å². The highest BCUT2D eigenvalue weighted by molar-refractivity contribution is 5.92. The van der Waals surface area contributed by atoms with Crippen molar-refractivity contribution in [3.05, 3.63) is 113 Å². The molecule has 1 saturated heterocycles. The van der Waals surface area contributed by atoms with E-state index >= 15 is 8.78 Å². The second-order valence-corrected chi connectivity index (χ2v) is 12.3. The van der Waals surface area contributed by atoms with Gasteiger partial charge < -0.3 is 19.1 Å². The smallest absolute Gasteiger partial charge is 0.335 e. The normalized spacial score (nSPS) is 15.8. The monoisotopic (exact) mass is 666 g/mol. The summed E-state index contributed by atoms with van der Waals surface area (Å²) in [5, 5.41) is 17.8. The number of aromatic carboxylic acids is 1. The van der Waals surface area contributed by atoms with Gasteiger partial charge in [0.05, 0.1) is 47.2 Å². The summed E-state index contributed by atoms with van der Waals surface area (Å²) in [5.74, 6) is -2.33. The number of carboxylic acid groups (broad SMARTS) is 1. The molecule has 3 aromatic carbocycles. The molecule has 8 rings (SSSR count). The fourth-order valence-electron chi connectivity index (χ4n) is 5.91. The highest BCUT2D eigenvalue weighted by Gasteiger charge is 2.26. The zero-order chi connectivity index (χ0) is 33.6. The van der Waals surface area contributed by atoms with Gasteiger partial charge in [0.2, 0.25) is 5.88 Å². The largest absolute Gasteiger partial charge is 0.478 e. The molecule has 0 spiro atoms. The minimum Gasteiger partial charge on any atom is -0.478 e. The van der Waals surface area contributed by atoms with Crippen molar-refractivity contribution in [3.63, 3.8) is 0 Å². The van der Waals surface area contributed by atoms with E-state index < -0.39 is 23.4 Å². The van der Waals surface area contributed by atoms with Crippen LogP contribution in [-0.2, 0) is 24.3 Å². The van der Waals surface area contributed by atoms with E-state index in [2.05, 4.69) is 20.3 Å². The van der Waals surface area contributed by atoms with E-state index in [0.717, 1.165) is 31.4 Å². The number of fused-ring (bicyclic) bond motifs is 1. The van der Waals surface area contributed by atoms with Gasteiger partial charge in [-0.2, -0.15) is 0 Å². The van der Waals surface area contributed by atoms with Gasteiger partial charge in [-0.15, -0.1) is 5.10 Å². The van der Waals surface area contributed by atoms with E-state index in [1.807, 2.05) is 10.8 Å². The first-order valence-electron chi connectivity index (χ1n) is 15.9. The number of carboxylic acids is 1. The Bertz CT molecular complexity index is 2230. The molecule has 4 heterocycles. The topological polar surface area (TPSA) is 117 Å². The Kier molecular flexibility index (Phi) is 7.83. The summed E-state index contributed by atoms with van der Waals surface area (Å²) < 4.78 is 61.1. The molecule has 3 aromatic heterocycles. The van der Waals surface area contributed by atoms with Crippen LogP contribution in [0.1, 0.15) is 52.6 Å². The van der Waals surface area contributed by atoms with E-state index in [9.17, 15) is 14.3 Å². The molecule has 248 valence electrons. The van der Waals surface area contributed by atoms with Gasteiger partial charge in [-0.05, 0) is 67.3 Å². The fraction of sp³-hybridized carbons (Fsp3) is 0.250. The Morgan fingerprint density at radius 2 is 1.76 bits per heavy atom. The molecule has 2 fully saturated rings. The van der Waals surface area contributed by atoms with Crippen molar-refractivity contribution in [2.45, 2.75) is 51.0 Å². The summed E-state index contributed by atoms with van der Waals surface area (Å²) in [6.07, 6.45) is 4.66. The number of carbonyl (C=O) groups is 1. The lowest BCUT2D eigenvalue weighted by Gasteiger charge is -2.27. The number of aromatic nitrogens is 6. The Balaban J connectivity index is 1.000. The molecule has 10 nitrogen and oxygen atoms in total. The molecular weight excluding hydrogens is 637 g/mol. The van der Waals surface area contributed by atoms with Crippen molar-refractivity contribution in [2.24, 2.45) is 0 Å². The van der Waals surface area contributed by atoms with E-state index in [-0.39, 0.29) is 47.4 Å². The summed E-state index contributed by atoms with van der Waals surface area (Å²) in [6.45, 7) is 0.906. The van der Waals surface area contributed by atoms with Crippen LogP contribution in [0.25, 0.3) is 33.5 Å². The third-order valence-corrected chi connectivity index (χ3v) is 8.89. The lowest BCUT2D eigenvalue weighted by molar-refractivity contribution is -0.0589. The van der Waals surface area contributed by atoms with Crippen molar-refractivity contribution >= 4 is 17.0 Å². The number of hydrogen-bond acceptors (Lipinski definition) is 7. The van der Waals surface area contributed by atoms with Crippen LogP contribution in [0.2, 0.25) is 0 Å². The van der Waals surface area contributed by atoms with Gasteiger partial charge in [0.1, 0.15) is 35.6 Å². The summed E-state index contributed by atoms with van der Waals surface area (Å²) in [5.41, 5.74) is 2.87. The number of rotatable bonds is 11. The Labute approximate surface area is 277 Å². The van der Waals surface area contributed by atoms with Gasteiger partial charge in [0.15, 0.2) is 0 Å². The lowest BCUT2D eigenvalue weighted by atomic mass is 10.0. The van der Waals surface area contributed by atoms with Gasteiger partial charge in [-0.3, -0.25) is 0 Å². The van der Waals surface area contributed by atoms with E-state index in [1.54, 1.807) is 35.0 Å².